The van der Waals surface area contributed by atoms with Gasteiger partial charge in [-0.3, -0.25) is 0 Å². The smallest absolute Gasteiger partial charge is 0.322 e. The summed E-state index contributed by atoms with van der Waals surface area (Å²) < 4.78 is 7.58. The number of nitrogens with zero attached hydrogens (tertiary/aromatic N) is 2. The fourth-order valence-corrected chi connectivity index (χ4v) is 3.90. The summed E-state index contributed by atoms with van der Waals surface area (Å²) >= 11 is 6.11. The number of halogens is 1. The van der Waals surface area contributed by atoms with E-state index in [1.54, 1.807) is 25.3 Å². The highest BCUT2D eigenvalue weighted by Crippen LogP contribution is 2.32. The first-order chi connectivity index (χ1) is 13.7. The fourth-order valence-electron chi connectivity index (χ4n) is 3.72. The average Bonchev–Trinajstić information content (AvgIpc) is 3.18. The Kier molecular flexibility index (Phi) is 5.26. The van der Waals surface area contributed by atoms with Gasteiger partial charge in [0.15, 0.2) is 0 Å². The summed E-state index contributed by atoms with van der Waals surface area (Å²) in [5.74, 6) is 0.581. The molecule has 0 unspecified atom stereocenters. The number of hydrogen-bond donors (Lipinski definition) is 1. The number of anilines is 1. The maximum Gasteiger partial charge on any atom is 0.322 e. The third kappa shape index (κ3) is 3.71. The van der Waals surface area contributed by atoms with E-state index in [2.05, 4.69) is 34.3 Å². The van der Waals surface area contributed by atoms with Crippen molar-refractivity contribution in [1.82, 2.24) is 9.47 Å². The number of amides is 2. The SMILES string of the molecule is COc1ccc(Cl)cc1NC(=O)N1CCn2cccc2[C@@H]1Cc1ccccc1. The fraction of sp³-hybridized carbons (Fsp3) is 0.227. The van der Waals surface area contributed by atoms with Gasteiger partial charge in [-0.2, -0.15) is 0 Å². The molecular weight excluding hydrogens is 374 g/mol. The molecule has 1 aliphatic rings. The lowest BCUT2D eigenvalue weighted by molar-refractivity contribution is 0.167. The second-order valence-corrected chi connectivity index (χ2v) is 7.24. The van der Waals surface area contributed by atoms with E-state index >= 15 is 0 Å². The van der Waals surface area contributed by atoms with Crippen LogP contribution in [0.3, 0.4) is 0 Å². The largest absolute Gasteiger partial charge is 0.495 e. The van der Waals surface area contributed by atoms with Crippen molar-refractivity contribution in [3.63, 3.8) is 0 Å². The Morgan fingerprint density at radius 2 is 1.96 bits per heavy atom. The Hall–Kier alpha value is -2.92. The molecule has 0 radical (unpaired) electrons. The number of carbonyl (C=O) groups is 1. The van der Waals surface area contributed by atoms with Gasteiger partial charge in [-0.15, -0.1) is 0 Å². The van der Waals surface area contributed by atoms with Gasteiger partial charge in [0, 0.05) is 30.0 Å². The van der Waals surface area contributed by atoms with Crippen molar-refractivity contribution in [3.05, 3.63) is 83.1 Å². The molecule has 0 aliphatic carbocycles. The topological polar surface area (TPSA) is 46.5 Å². The molecule has 3 aromatic rings. The molecule has 144 valence electrons. The molecule has 0 saturated carbocycles. The maximum absolute atomic E-state index is 13.2. The number of benzene rings is 2. The first kappa shape index (κ1) is 18.4. The zero-order chi connectivity index (χ0) is 19.5. The quantitative estimate of drug-likeness (QED) is 0.677. The second kappa shape index (κ2) is 7.98. The highest BCUT2D eigenvalue weighted by atomic mass is 35.5. The van der Waals surface area contributed by atoms with Crippen LogP contribution in [0, 0.1) is 0 Å². The molecular formula is C22H22ClN3O2. The molecule has 2 amide bonds. The number of urea groups is 1. The van der Waals surface area contributed by atoms with E-state index in [9.17, 15) is 4.79 Å². The number of carbonyl (C=O) groups excluding carboxylic acids is 1. The molecule has 1 aliphatic heterocycles. The Balaban J connectivity index is 1.61. The molecule has 1 aromatic heterocycles. The van der Waals surface area contributed by atoms with Gasteiger partial charge < -0.3 is 19.5 Å². The van der Waals surface area contributed by atoms with Crippen LogP contribution in [0.25, 0.3) is 0 Å². The first-order valence-corrected chi connectivity index (χ1v) is 9.63. The molecule has 1 atom stereocenters. The zero-order valence-corrected chi connectivity index (χ0v) is 16.4. The molecule has 0 bridgehead atoms. The highest BCUT2D eigenvalue weighted by Gasteiger charge is 2.31. The van der Waals surface area contributed by atoms with Crippen molar-refractivity contribution in [1.29, 1.82) is 0 Å². The highest BCUT2D eigenvalue weighted by molar-refractivity contribution is 6.31. The van der Waals surface area contributed by atoms with E-state index in [4.69, 9.17) is 16.3 Å². The minimum atomic E-state index is -0.158. The summed E-state index contributed by atoms with van der Waals surface area (Å²) in [7, 11) is 1.57. The van der Waals surface area contributed by atoms with Crippen molar-refractivity contribution in [2.45, 2.75) is 19.0 Å². The zero-order valence-electron chi connectivity index (χ0n) is 15.6. The van der Waals surface area contributed by atoms with Crippen molar-refractivity contribution in [3.8, 4) is 5.75 Å². The second-order valence-electron chi connectivity index (χ2n) is 6.80. The summed E-state index contributed by atoms with van der Waals surface area (Å²) in [6.45, 7) is 1.40. The molecule has 5 nitrogen and oxygen atoms in total. The summed E-state index contributed by atoms with van der Waals surface area (Å²) in [4.78, 5) is 15.1. The third-order valence-corrected chi connectivity index (χ3v) is 5.34. The van der Waals surface area contributed by atoms with E-state index in [1.165, 1.54) is 5.56 Å². The van der Waals surface area contributed by atoms with Gasteiger partial charge in [0.05, 0.1) is 18.8 Å². The number of fused-ring (bicyclic) bond motifs is 1. The van der Waals surface area contributed by atoms with E-state index < -0.39 is 0 Å². The Morgan fingerprint density at radius 1 is 1.14 bits per heavy atom. The van der Waals surface area contributed by atoms with Gasteiger partial charge in [0.25, 0.3) is 0 Å². The van der Waals surface area contributed by atoms with Gasteiger partial charge in [-0.05, 0) is 42.3 Å². The molecule has 28 heavy (non-hydrogen) atoms. The van der Waals surface area contributed by atoms with E-state index in [0.29, 0.717) is 23.0 Å². The number of ether oxygens (including phenoxy) is 1. The number of nitrogens with one attached hydrogen (secondary N) is 1. The molecule has 0 fully saturated rings. The molecule has 2 aromatic carbocycles. The summed E-state index contributed by atoms with van der Waals surface area (Å²) in [6, 6.07) is 19.4. The summed E-state index contributed by atoms with van der Waals surface area (Å²) in [5, 5.41) is 3.52. The van der Waals surface area contributed by atoms with Crippen LogP contribution >= 0.6 is 11.6 Å². The third-order valence-electron chi connectivity index (χ3n) is 5.10. The van der Waals surface area contributed by atoms with Crippen LogP contribution in [0.5, 0.6) is 5.75 Å². The van der Waals surface area contributed by atoms with Gasteiger partial charge >= 0.3 is 6.03 Å². The molecule has 1 N–H and O–H groups in total. The van der Waals surface area contributed by atoms with E-state index in [0.717, 1.165) is 18.7 Å². The van der Waals surface area contributed by atoms with E-state index in [-0.39, 0.29) is 12.1 Å². The Morgan fingerprint density at radius 3 is 2.75 bits per heavy atom. The van der Waals surface area contributed by atoms with Crippen LogP contribution in [0.15, 0.2) is 66.9 Å². The van der Waals surface area contributed by atoms with Crippen molar-refractivity contribution in [2.24, 2.45) is 0 Å². The predicted molar refractivity (Wildman–Crippen MR) is 111 cm³/mol. The predicted octanol–water partition coefficient (Wildman–Crippen LogP) is 4.98. The van der Waals surface area contributed by atoms with Crippen LogP contribution in [-0.4, -0.2) is 29.2 Å². The van der Waals surface area contributed by atoms with Crippen LogP contribution < -0.4 is 10.1 Å². The first-order valence-electron chi connectivity index (χ1n) is 9.26. The summed E-state index contributed by atoms with van der Waals surface area (Å²) in [6.07, 6.45) is 2.83. The standard InChI is InChI=1S/C22H22ClN3O2/c1-28-21-10-9-17(23)15-18(21)24-22(27)26-13-12-25-11-5-8-19(25)20(26)14-16-6-3-2-4-7-16/h2-11,15,20H,12-14H2,1H3,(H,24,27)/t20-/m0/s1. The van der Waals surface area contributed by atoms with Crippen molar-refractivity contribution >= 4 is 23.3 Å². The molecule has 6 heteroatoms. The number of methoxy groups -OCH3 is 1. The molecule has 0 saturated heterocycles. The Labute approximate surface area is 169 Å². The number of aromatic nitrogens is 1. The number of hydrogen-bond acceptors (Lipinski definition) is 2. The normalized spacial score (nSPS) is 15.8. The van der Waals surface area contributed by atoms with Gasteiger partial charge in [0.2, 0.25) is 0 Å². The monoisotopic (exact) mass is 395 g/mol. The van der Waals surface area contributed by atoms with Crippen molar-refractivity contribution < 1.29 is 9.53 Å². The van der Waals surface area contributed by atoms with Crippen molar-refractivity contribution in [2.75, 3.05) is 19.0 Å². The minimum absolute atomic E-state index is 0.0451. The lowest BCUT2D eigenvalue weighted by Gasteiger charge is -2.37. The molecule has 4 rings (SSSR count). The summed E-state index contributed by atoms with van der Waals surface area (Å²) in [5.41, 5.74) is 2.91. The molecule has 2 heterocycles. The molecule has 0 spiro atoms. The van der Waals surface area contributed by atoms with Gasteiger partial charge in [-0.25, -0.2) is 4.79 Å². The number of rotatable bonds is 4. The van der Waals surface area contributed by atoms with Crippen LogP contribution in [0.1, 0.15) is 17.3 Å². The lowest BCUT2D eigenvalue weighted by atomic mass is 10.0. The van der Waals surface area contributed by atoms with Gasteiger partial charge in [-0.1, -0.05) is 41.9 Å². The minimum Gasteiger partial charge on any atom is -0.495 e. The average molecular weight is 396 g/mol. The maximum atomic E-state index is 13.2. The van der Waals surface area contributed by atoms with Crippen LogP contribution in [0.4, 0.5) is 10.5 Å². The Bertz CT molecular complexity index is 971. The lowest BCUT2D eigenvalue weighted by Crippen LogP contribution is -2.44. The van der Waals surface area contributed by atoms with Crippen LogP contribution in [0.2, 0.25) is 5.02 Å². The van der Waals surface area contributed by atoms with Crippen LogP contribution in [-0.2, 0) is 13.0 Å². The van der Waals surface area contributed by atoms with Gasteiger partial charge in [0.1, 0.15) is 5.75 Å². The van der Waals surface area contributed by atoms with E-state index in [1.807, 2.05) is 29.2 Å².